The Labute approximate surface area is 86.7 Å². The van der Waals surface area contributed by atoms with Gasteiger partial charge in [-0.05, 0) is 18.7 Å². The van der Waals surface area contributed by atoms with Gasteiger partial charge < -0.3 is 0 Å². The van der Waals surface area contributed by atoms with Crippen LogP contribution < -0.4 is 0 Å². The van der Waals surface area contributed by atoms with Crippen LogP contribution in [0, 0.1) is 0 Å². The Kier molecular flexibility index (Phi) is 12.8. The molecule has 13 heavy (non-hydrogen) atoms. The van der Waals surface area contributed by atoms with Crippen molar-refractivity contribution in [3.8, 4) is 0 Å². The van der Waals surface area contributed by atoms with E-state index in [2.05, 4.69) is 13.8 Å². The molecule has 0 aromatic carbocycles. The van der Waals surface area contributed by atoms with Crippen LogP contribution in [0.2, 0.25) is 0 Å². The Balaban J connectivity index is 2.76. The lowest BCUT2D eigenvalue weighted by molar-refractivity contribution is 0.586. The summed E-state index contributed by atoms with van der Waals surface area (Å²) in [6.07, 6.45) is 14.6. The molecule has 0 saturated heterocycles. The van der Waals surface area contributed by atoms with Crippen LogP contribution in [0.1, 0.15) is 65.2 Å². The van der Waals surface area contributed by atoms with Gasteiger partial charge in [0, 0.05) is 0 Å². The molecule has 0 N–H and O–H groups in total. The second-order valence-electron chi connectivity index (χ2n) is 3.83. The van der Waals surface area contributed by atoms with E-state index in [4.69, 9.17) is 0 Å². The SMILES string of the molecule is CCCCCCCCCCPCC. The third-order valence-electron chi connectivity index (χ3n) is 2.46. The Morgan fingerprint density at radius 2 is 1.23 bits per heavy atom. The van der Waals surface area contributed by atoms with Crippen molar-refractivity contribution in [2.75, 3.05) is 12.3 Å². The number of unbranched alkanes of at least 4 members (excludes halogenated alkanes) is 7. The lowest BCUT2D eigenvalue weighted by Crippen LogP contribution is -1.82. The average molecular weight is 202 g/mol. The molecule has 1 heteroatoms. The molecule has 0 nitrogen and oxygen atoms in total. The minimum Gasteiger partial charge on any atom is -0.122 e. The normalized spacial score (nSPS) is 11.5. The summed E-state index contributed by atoms with van der Waals surface area (Å²) in [4.78, 5) is 0. The zero-order valence-electron chi connectivity index (χ0n) is 9.57. The van der Waals surface area contributed by atoms with Crippen molar-refractivity contribution in [2.24, 2.45) is 0 Å². The second-order valence-corrected chi connectivity index (χ2v) is 5.54. The fraction of sp³-hybridized carbons (Fsp3) is 1.00. The van der Waals surface area contributed by atoms with Gasteiger partial charge in [0.05, 0.1) is 0 Å². The average Bonchev–Trinajstić information content (AvgIpc) is 2.16. The first kappa shape index (κ1) is 13.4. The predicted octanol–water partition coefficient (Wildman–Crippen LogP) is 4.83. The first-order valence-electron chi connectivity index (χ1n) is 6.12. The van der Waals surface area contributed by atoms with Crippen LogP contribution in [-0.4, -0.2) is 12.3 Å². The Morgan fingerprint density at radius 3 is 1.77 bits per heavy atom. The van der Waals surface area contributed by atoms with Crippen LogP contribution in [0.5, 0.6) is 0 Å². The number of hydrogen-bond acceptors (Lipinski definition) is 0. The highest BCUT2D eigenvalue weighted by molar-refractivity contribution is 7.37. The maximum atomic E-state index is 2.29. The fourth-order valence-corrected chi connectivity index (χ4v) is 2.41. The molecule has 0 aromatic rings. The maximum Gasteiger partial charge on any atom is -0.0354 e. The number of hydrogen-bond donors (Lipinski definition) is 0. The smallest absolute Gasteiger partial charge is 0.0354 e. The van der Waals surface area contributed by atoms with Crippen LogP contribution in [0.3, 0.4) is 0 Å². The van der Waals surface area contributed by atoms with Gasteiger partial charge in [-0.2, -0.15) is 0 Å². The molecule has 1 unspecified atom stereocenters. The van der Waals surface area contributed by atoms with Gasteiger partial charge in [-0.3, -0.25) is 0 Å². The van der Waals surface area contributed by atoms with E-state index >= 15 is 0 Å². The summed E-state index contributed by atoms with van der Waals surface area (Å²) in [6.45, 7) is 4.58. The molecule has 1 atom stereocenters. The Morgan fingerprint density at radius 1 is 0.692 bits per heavy atom. The Bertz CT molecular complexity index is 71.2. The monoisotopic (exact) mass is 202 g/mol. The predicted molar refractivity (Wildman–Crippen MR) is 66.3 cm³/mol. The van der Waals surface area contributed by atoms with Crippen molar-refractivity contribution in [1.82, 2.24) is 0 Å². The van der Waals surface area contributed by atoms with Crippen molar-refractivity contribution >= 4 is 8.58 Å². The largest absolute Gasteiger partial charge is 0.122 e. The first-order chi connectivity index (χ1) is 6.41. The van der Waals surface area contributed by atoms with Crippen LogP contribution in [0.4, 0.5) is 0 Å². The molecule has 0 aromatic heterocycles. The van der Waals surface area contributed by atoms with Gasteiger partial charge in [-0.25, -0.2) is 0 Å². The van der Waals surface area contributed by atoms with Gasteiger partial charge in [0.2, 0.25) is 0 Å². The molecule has 0 heterocycles. The van der Waals surface area contributed by atoms with Gasteiger partial charge >= 0.3 is 0 Å². The van der Waals surface area contributed by atoms with E-state index in [0.29, 0.717) is 0 Å². The summed E-state index contributed by atoms with van der Waals surface area (Å²) >= 11 is 0. The van der Waals surface area contributed by atoms with Crippen molar-refractivity contribution in [3.63, 3.8) is 0 Å². The minimum atomic E-state index is 1.23. The van der Waals surface area contributed by atoms with Crippen LogP contribution in [0.15, 0.2) is 0 Å². The molecular weight excluding hydrogens is 175 g/mol. The number of rotatable bonds is 10. The molecule has 0 bridgehead atoms. The maximum absolute atomic E-state index is 2.29. The quantitative estimate of drug-likeness (QED) is 0.352. The zero-order chi connectivity index (χ0) is 9.78. The third kappa shape index (κ3) is 12.4. The summed E-state index contributed by atoms with van der Waals surface area (Å²) < 4.78 is 0. The zero-order valence-corrected chi connectivity index (χ0v) is 10.6. The summed E-state index contributed by atoms with van der Waals surface area (Å²) in [6, 6.07) is 0. The summed E-state index contributed by atoms with van der Waals surface area (Å²) in [5.74, 6) is 0. The molecule has 0 aliphatic carbocycles. The highest BCUT2D eigenvalue weighted by atomic mass is 31.1. The molecule has 0 spiro atoms. The van der Waals surface area contributed by atoms with Gasteiger partial charge in [-0.1, -0.05) is 58.8 Å². The molecule has 0 saturated carbocycles. The first-order valence-corrected chi connectivity index (χ1v) is 7.54. The minimum absolute atomic E-state index is 1.23. The third-order valence-corrected chi connectivity index (χ3v) is 3.66. The van der Waals surface area contributed by atoms with Crippen molar-refractivity contribution in [1.29, 1.82) is 0 Å². The highest BCUT2D eigenvalue weighted by Crippen LogP contribution is 2.14. The molecule has 0 radical (unpaired) electrons. The topological polar surface area (TPSA) is 0 Å². The molecule has 0 rings (SSSR count). The van der Waals surface area contributed by atoms with Gasteiger partial charge in [0.15, 0.2) is 0 Å². The van der Waals surface area contributed by atoms with Crippen LogP contribution in [0.25, 0.3) is 0 Å². The molecular formula is C12H27P. The van der Waals surface area contributed by atoms with Crippen LogP contribution in [-0.2, 0) is 0 Å². The van der Waals surface area contributed by atoms with E-state index in [1.54, 1.807) is 0 Å². The summed E-state index contributed by atoms with van der Waals surface area (Å²) in [5.41, 5.74) is 0. The lowest BCUT2D eigenvalue weighted by atomic mass is 10.1. The molecule has 0 aliphatic heterocycles. The Hall–Kier alpha value is 0.430. The van der Waals surface area contributed by atoms with E-state index in [9.17, 15) is 0 Å². The highest BCUT2D eigenvalue weighted by Gasteiger charge is 1.90. The lowest BCUT2D eigenvalue weighted by Gasteiger charge is -2.00. The van der Waals surface area contributed by atoms with Crippen molar-refractivity contribution < 1.29 is 0 Å². The van der Waals surface area contributed by atoms with Crippen molar-refractivity contribution in [2.45, 2.75) is 65.2 Å². The van der Waals surface area contributed by atoms with E-state index in [0.717, 1.165) is 0 Å². The van der Waals surface area contributed by atoms with Crippen LogP contribution >= 0.6 is 8.58 Å². The summed E-state index contributed by atoms with van der Waals surface area (Å²) in [5, 5.41) is 0. The molecule has 0 aliphatic rings. The molecule has 0 amide bonds. The second kappa shape index (κ2) is 12.4. The van der Waals surface area contributed by atoms with Gasteiger partial charge in [0.25, 0.3) is 0 Å². The van der Waals surface area contributed by atoms with Gasteiger partial charge in [-0.15, -0.1) is 8.58 Å². The summed E-state index contributed by atoms with van der Waals surface area (Å²) in [7, 11) is 1.23. The standard InChI is InChI=1S/C12H27P/c1-3-5-6-7-8-9-10-11-12-13-4-2/h13H,3-12H2,1-2H3. The fourth-order valence-electron chi connectivity index (χ4n) is 1.56. The molecule has 0 fully saturated rings. The molecule has 80 valence electrons. The van der Waals surface area contributed by atoms with Gasteiger partial charge in [0.1, 0.15) is 0 Å². The van der Waals surface area contributed by atoms with E-state index in [1.165, 1.54) is 72.3 Å². The van der Waals surface area contributed by atoms with E-state index in [-0.39, 0.29) is 0 Å². The van der Waals surface area contributed by atoms with E-state index in [1.807, 2.05) is 0 Å². The van der Waals surface area contributed by atoms with Crippen molar-refractivity contribution in [3.05, 3.63) is 0 Å². The van der Waals surface area contributed by atoms with E-state index < -0.39 is 0 Å².